The molecule has 0 saturated carbocycles. The van der Waals surface area contributed by atoms with Crippen LogP contribution in [0.15, 0.2) is 78.6 Å². The third-order valence-corrected chi connectivity index (χ3v) is 5.60. The van der Waals surface area contributed by atoms with Gasteiger partial charge < -0.3 is 14.2 Å². The number of nitrogens with zero attached hydrogens (tertiary/aromatic N) is 1. The fraction of sp³-hybridized carbons (Fsp3) is 0.240. The maximum Gasteiger partial charge on any atom is 0.314 e. The molecule has 1 aliphatic heterocycles. The summed E-state index contributed by atoms with van der Waals surface area (Å²) < 4.78 is 16.2. The lowest BCUT2D eigenvalue weighted by molar-refractivity contribution is -0.145. The van der Waals surface area contributed by atoms with E-state index >= 15 is 0 Å². The van der Waals surface area contributed by atoms with Gasteiger partial charge in [-0.1, -0.05) is 36.4 Å². The van der Waals surface area contributed by atoms with E-state index in [9.17, 15) is 4.79 Å². The van der Waals surface area contributed by atoms with Crippen LogP contribution in [0.3, 0.4) is 0 Å². The van der Waals surface area contributed by atoms with Crippen LogP contribution < -0.4 is 9.47 Å². The Morgan fingerprint density at radius 3 is 2.37 bits per heavy atom. The van der Waals surface area contributed by atoms with Crippen molar-refractivity contribution in [3.05, 3.63) is 84.1 Å². The Morgan fingerprint density at radius 1 is 0.967 bits per heavy atom. The monoisotopic (exact) mass is 403 g/mol. The van der Waals surface area contributed by atoms with E-state index < -0.39 is 5.92 Å². The van der Waals surface area contributed by atoms with Crippen molar-refractivity contribution in [2.75, 3.05) is 27.8 Å². The van der Waals surface area contributed by atoms with Crippen molar-refractivity contribution < 1.29 is 19.0 Å². The summed E-state index contributed by atoms with van der Waals surface area (Å²) in [7, 11) is 5.07. The molecule has 3 aromatic rings. The van der Waals surface area contributed by atoms with Gasteiger partial charge in [-0.15, -0.1) is 0 Å². The molecule has 0 aromatic heterocycles. The Morgan fingerprint density at radius 2 is 1.67 bits per heavy atom. The number of hydrogen-bond acceptors (Lipinski definition) is 5. The normalized spacial score (nSPS) is 20.4. The van der Waals surface area contributed by atoms with E-state index in [1.807, 2.05) is 43.4 Å². The molecule has 0 N–H and O–H groups in total. The average molecular weight is 403 g/mol. The van der Waals surface area contributed by atoms with Crippen molar-refractivity contribution in [3.8, 4) is 11.5 Å². The number of esters is 1. The first-order valence-electron chi connectivity index (χ1n) is 9.87. The molecule has 2 unspecified atom stereocenters. The molecule has 1 fully saturated rings. The molecule has 0 aliphatic carbocycles. The van der Waals surface area contributed by atoms with Gasteiger partial charge in [0.25, 0.3) is 0 Å². The van der Waals surface area contributed by atoms with E-state index in [0.717, 1.165) is 22.3 Å². The summed E-state index contributed by atoms with van der Waals surface area (Å²) in [5.41, 5.74) is 1.97. The maximum atomic E-state index is 12.8. The zero-order valence-corrected chi connectivity index (χ0v) is 17.4. The first-order valence-corrected chi connectivity index (χ1v) is 9.87. The highest BCUT2D eigenvalue weighted by Gasteiger charge is 2.42. The molecule has 5 nitrogen and oxygen atoms in total. The van der Waals surface area contributed by atoms with E-state index in [0.29, 0.717) is 12.3 Å². The summed E-state index contributed by atoms with van der Waals surface area (Å²) in [5.74, 6) is 0.754. The van der Waals surface area contributed by atoms with Gasteiger partial charge in [0.2, 0.25) is 0 Å². The van der Waals surface area contributed by atoms with Crippen LogP contribution >= 0.6 is 0 Å². The minimum atomic E-state index is -0.431. The summed E-state index contributed by atoms with van der Waals surface area (Å²) in [4.78, 5) is 14.9. The number of carbonyl (C=O) groups is 1. The van der Waals surface area contributed by atoms with Crippen LogP contribution in [-0.4, -0.2) is 38.7 Å². The third kappa shape index (κ3) is 3.89. The lowest BCUT2D eigenvalue weighted by atomic mass is 9.90. The number of fused-ring (bicyclic) bond motifs is 1. The molecule has 154 valence electrons. The van der Waals surface area contributed by atoms with Gasteiger partial charge in [-0.3, -0.25) is 9.69 Å². The minimum absolute atomic E-state index is 0.118. The second-order valence-corrected chi connectivity index (χ2v) is 7.45. The molecule has 1 aliphatic rings. The Hall–Kier alpha value is -3.31. The summed E-state index contributed by atoms with van der Waals surface area (Å²) in [6, 6.07) is 21.8. The van der Waals surface area contributed by atoms with Gasteiger partial charge in [0, 0.05) is 6.54 Å². The second kappa shape index (κ2) is 8.59. The quantitative estimate of drug-likeness (QED) is 0.461. The Bertz CT molecular complexity index is 1070. The predicted octanol–water partition coefficient (Wildman–Crippen LogP) is 4.59. The van der Waals surface area contributed by atoms with Gasteiger partial charge in [-0.25, -0.2) is 0 Å². The molecule has 4 rings (SSSR count). The number of likely N-dealkylation sites (tertiary alicyclic amines) is 1. The van der Waals surface area contributed by atoms with Crippen LogP contribution in [0.4, 0.5) is 0 Å². The number of benzene rings is 3. The zero-order chi connectivity index (χ0) is 21.1. The standard InChI is InChI=1S/C25H25NO4/c1-26-15-20(16-30-22-12-10-21(28-2)11-13-22)23(25(27)29-3)24(26)19-9-8-17-6-4-5-7-18(17)14-19/h4-14,16,23-24H,15H2,1-3H3/b20-16+. The first kappa shape index (κ1) is 20.0. The topological polar surface area (TPSA) is 48.0 Å². The van der Waals surface area contributed by atoms with E-state index in [4.69, 9.17) is 14.2 Å². The minimum Gasteiger partial charge on any atom is -0.497 e. The highest BCUT2D eigenvalue weighted by Crippen LogP contribution is 2.41. The molecular formula is C25H25NO4. The van der Waals surface area contributed by atoms with Crippen molar-refractivity contribution in [2.24, 2.45) is 5.92 Å². The summed E-state index contributed by atoms with van der Waals surface area (Å²) in [6.07, 6.45) is 1.68. The molecule has 5 heteroatoms. The molecule has 0 radical (unpaired) electrons. The zero-order valence-electron chi connectivity index (χ0n) is 17.4. The van der Waals surface area contributed by atoms with Gasteiger partial charge >= 0.3 is 5.97 Å². The summed E-state index contributed by atoms with van der Waals surface area (Å²) in [6.45, 7) is 0.618. The molecule has 30 heavy (non-hydrogen) atoms. The Balaban J connectivity index is 1.65. The van der Waals surface area contributed by atoms with Gasteiger partial charge in [-0.2, -0.15) is 0 Å². The SMILES string of the molecule is COC(=O)C1/C(=C/Oc2ccc(OC)cc2)CN(C)C1c1ccc2ccccc2c1. The van der Waals surface area contributed by atoms with Gasteiger partial charge in [0.15, 0.2) is 0 Å². The van der Waals surface area contributed by atoms with Crippen LogP contribution in [0.2, 0.25) is 0 Å². The number of methoxy groups -OCH3 is 2. The molecule has 0 bridgehead atoms. The summed E-state index contributed by atoms with van der Waals surface area (Å²) in [5, 5.41) is 2.33. The fourth-order valence-electron chi connectivity index (χ4n) is 4.10. The van der Waals surface area contributed by atoms with Crippen molar-refractivity contribution in [1.29, 1.82) is 0 Å². The van der Waals surface area contributed by atoms with Crippen LogP contribution in [0.1, 0.15) is 11.6 Å². The first-order chi connectivity index (χ1) is 14.6. The molecule has 2 atom stereocenters. The number of hydrogen-bond donors (Lipinski definition) is 0. The molecule has 0 spiro atoms. The van der Waals surface area contributed by atoms with E-state index in [-0.39, 0.29) is 12.0 Å². The van der Waals surface area contributed by atoms with Crippen LogP contribution in [0, 0.1) is 5.92 Å². The third-order valence-electron chi connectivity index (χ3n) is 5.60. The average Bonchev–Trinajstić information content (AvgIpc) is 3.13. The largest absolute Gasteiger partial charge is 0.497 e. The smallest absolute Gasteiger partial charge is 0.314 e. The number of rotatable bonds is 5. The maximum absolute atomic E-state index is 12.8. The predicted molar refractivity (Wildman–Crippen MR) is 117 cm³/mol. The van der Waals surface area contributed by atoms with Gasteiger partial charge in [0.1, 0.15) is 17.4 Å². The van der Waals surface area contributed by atoms with Gasteiger partial charge in [0.05, 0.1) is 26.5 Å². The summed E-state index contributed by atoms with van der Waals surface area (Å²) >= 11 is 0. The lowest BCUT2D eigenvalue weighted by Gasteiger charge is -2.24. The Kier molecular flexibility index (Phi) is 5.72. The fourth-order valence-corrected chi connectivity index (χ4v) is 4.10. The van der Waals surface area contributed by atoms with Gasteiger partial charge in [-0.05, 0) is 59.3 Å². The number of carbonyl (C=O) groups excluding carboxylic acids is 1. The second-order valence-electron chi connectivity index (χ2n) is 7.45. The number of ether oxygens (including phenoxy) is 3. The lowest BCUT2D eigenvalue weighted by Crippen LogP contribution is -2.26. The van der Waals surface area contributed by atoms with Crippen LogP contribution in [-0.2, 0) is 9.53 Å². The highest BCUT2D eigenvalue weighted by atomic mass is 16.5. The van der Waals surface area contributed by atoms with Crippen molar-refractivity contribution in [3.63, 3.8) is 0 Å². The number of likely N-dealkylation sites (N-methyl/N-ethyl adjacent to an activating group) is 1. The molecule has 0 amide bonds. The Labute approximate surface area is 176 Å². The molecule has 3 aromatic carbocycles. The molecule has 1 saturated heterocycles. The van der Waals surface area contributed by atoms with Crippen LogP contribution in [0.25, 0.3) is 10.8 Å². The highest BCUT2D eigenvalue weighted by molar-refractivity contribution is 5.84. The molecular weight excluding hydrogens is 378 g/mol. The van der Waals surface area contributed by atoms with Crippen molar-refractivity contribution >= 4 is 16.7 Å². The van der Waals surface area contributed by atoms with E-state index in [1.54, 1.807) is 13.4 Å². The van der Waals surface area contributed by atoms with Crippen molar-refractivity contribution in [2.45, 2.75) is 6.04 Å². The van der Waals surface area contributed by atoms with Crippen LogP contribution in [0.5, 0.6) is 11.5 Å². The van der Waals surface area contributed by atoms with E-state index in [2.05, 4.69) is 35.2 Å². The molecule has 1 heterocycles. The van der Waals surface area contributed by atoms with E-state index in [1.165, 1.54) is 12.5 Å². The van der Waals surface area contributed by atoms with Crippen molar-refractivity contribution in [1.82, 2.24) is 4.90 Å².